The Hall–Kier alpha value is -3.16. The third-order valence-electron chi connectivity index (χ3n) is 7.95. The molecule has 44 heavy (non-hydrogen) atoms. The van der Waals surface area contributed by atoms with Gasteiger partial charge in [0, 0.05) is 13.1 Å². The van der Waals surface area contributed by atoms with E-state index in [1.54, 1.807) is 0 Å². The molecule has 0 spiro atoms. The molecule has 0 radical (unpaired) electrons. The predicted octanol–water partition coefficient (Wildman–Crippen LogP) is 8.43. The SMILES string of the molecule is CC(C)(C)OC(=O)N1CC[C@@H](CCc2ccccc2)[C@@H](F)C1.CC(C)(C)OC(=O)N1CC[C@H](CCc2ccccc2)[C@H](F)C1. The number of halogens is 2. The molecule has 2 aromatic carbocycles. The number of piperidine rings is 2. The van der Waals surface area contributed by atoms with Crippen molar-refractivity contribution < 1.29 is 27.8 Å². The highest BCUT2D eigenvalue weighted by atomic mass is 19.1. The quantitative estimate of drug-likeness (QED) is 0.328. The minimum absolute atomic E-state index is 0.0268. The summed E-state index contributed by atoms with van der Waals surface area (Å²) in [5.41, 5.74) is 1.41. The summed E-state index contributed by atoms with van der Waals surface area (Å²) in [5, 5.41) is 0. The van der Waals surface area contributed by atoms with Crippen molar-refractivity contribution in [2.24, 2.45) is 11.8 Å². The smallest absolute Gasteiger partial charge is 0.410 e. The summed E-state index contributed by atoms with van der Waals surface area (Å²) in [4.78, 5) is 27.0. The van der Waals surface area contributed by atoms with E-state index in [0.717, 1.165) is 25.7 Å². The molecule has 0 unspecified atom stereocenters. The number of likely N-dealkylation sites (tertiary alicyclic amines) is 2. The fraction of sp³-hybridized carbons (Fsp3) is 0.611. The van der Waals surface area contributed by atoms with Crippen molar-refractivity contribution in [3.05, 3.63) is 71.8 Å². The fourth-order valence-corrected chi connectivity index (χ4v) is 5.54. The molecule has 0 aliphatic carbocycles. The first kappa shape index (κ1) is 35.3. The van der Waals surface area contributed by atoms with Crippen LogP contribution < -0.4 is 0 Å². The van der Waals surface area contributed by atoms with Crippen molar-refractivity contribution in [3.8, 4) is 0 Å². The normalized spacial score (nSPS) is 22.5. The molecule has 4 atom stereocenters. The largest absolute Gasteiger partial charge is 0.444 e. The number of alkyl halides is 2. The van der Waals surface area contributed by atoms with E-state index in [2.05, 4.69) is 24.3 Å². The Bertz CT molecular complexity index is 1060. The number of carbonyl (C=O) groups excluding carboxylic acids is 2. The first-order chi connectivity index (χ1) is 20.7. The number of carbonyl (C=O) groups is 2. The van der Waals surface area contributed by atoms with Gasteiger partial charge in [-0.05, 0) is 103 Å². The molecule has 2 amide bonds. The van der Waals surface area contributed by atoms with Crippen LogP contribution in [0.5, 0.6) is 0 Å². The number of benzene rings is 2. The molecular weight excluding hydrogens is 562 g/mol. The topological polar surface area (TPSA) is 59.1 Å². The number of hydrogen-bond donors (Lipinski definition) is 0. The van der Waals surface area contributed by atoms with Gasteiger partial charge in [-0.15, -0.1) is 0 Å². The lowest BCUT2D eigenvalue weighted by Crippen LogP contribution is -2.46. The lowest BCUT2D eigenvalue weighted by atomic mass is 9.89. The Morgan fingerprint density at radius 2 is 1.00 bits per heavy atom. The summed E-state index contributed by atoms with van der Waals surface area (Å²) in [6, 6.07) is 20.3. The molecule has 0 aromatic heterocycles. The Morgan fingerprint density at radius 3 is 1.30 bits per heavy atom. The molecule has 8 heteroatoms. The first-order valence-corrected chi connectivity index (χ1v) is 16.0. The molecule has 6 nitrogen and oxygen atoms in total. The number of aryl methyl sites for hydroxylation is 2. The Morgan fingerprint density at radius 1 is 0.659 bits per heavy atom. The number of ether oxygens (including phenoxy) is 2. The van der Waals surface area contributed by atoms with Gasteiger partial charge in [0.2, 0.25) is 0 Å². The van der Waals surface area contributed by atoms with E-state index in [4.69, 9.17) is 9.47 Å². The monoisotopic (exact) mass is 614 g/mol. The molecule has 2 fully saturated rings. The summed E-state index contributed by atoms with van der Waals surface area (Å²) in [7, 11) is 0. The van der Waals surface area contributed by atoms with E-state index in [-0.39, 0.29) is 24.9 Å². The molecule has 2 heterocycles. The van der Waals surface area contributed by atoms with E-state index in [1.165, 1.54) is 20.9 Å². The number of nitrogens with zero attached hydrogens (tertiary/aromatic N) is 2. The Labute approximate surface area is 263 Å². The maximum atomic E-state index is 14.3. The van der Waals surface area contributed by atoms with Crippen LogP contribution >= 0.6 is 0 Å². The number of rotatable bonds is 6. The van der Waals surface area contributed by atoms with E-state index in [1.807, 2.05) is 77.9 Å². The van der Waals surface area contributed by atoms with Crippen LogP contribution in [0.3, 0.4) is 0 Å². The third-order valence-corrected chi connectivity index (χ3v) is 7.95. The van der Waals surface area contributed by atoms with Gasteiger partial charge < -0.3 is 19.3 Å². The van der Waals surface area contributed by atoms with Crippen LogP contribution in [0.1, 0.15) is 78.4 Å². The molecule has 2 aromatic rings. The summed E-state index contributed by atoms with van der Waals surface area (Å²) < 4.78 is 39.3. The van der Waals surface area contributed by atoms with Crippen molar-refractivity contribution in [1.29, 1.82) is 0 Å². The van der Waals surface area contributed by atoms with Gasteiger partial charge in [-0.1, -0.05) is 60.7 Å². The fourth-order valence-electron chi connectivity index (χ4n) is 5.54. The zero-order chi connectivity index (χ0) is 32.3. The van der Waals surface area contributed by atoms with Crippen LogP contribution in [0.25, 0.3) is 0 Å². The first-order valence-electron chi connectivity index (χ1n) is 16.0. The maximum Gasteiger partial charge on any atom is 0.410 e. The standard InChI is InChI=1S/2C18H26FNO2/c2*1-18(2,3)22-17(21)20-12-11-15(16(19)13-20)10-9-14-7-5-4-6-8-14/h2*4-8,15-16H,9-13H2,1-3H3/t2*15-,16+/m10/s1. The Balaban J connectivity index is 0.000000240. The summed E-state index contributed by atoms with van der Waals surface area (Å²) in [5.74, 6) is 0.0535. The molecule has 2 saturated heterocycles. The van der Waals surface area contributed by atoms with Gasteiger partial charge in [-0.25, -0.2) is 18.4 Å². The molecule has 0 N–H and O–H groups in total. The van der Waals surface area contributed by atoms with Crippen LogP contribution in [-0.4, -0.2) is 71.7 Å². The summed E-state index contributed by atoms with van der Waals surface area (Å²) in [6.45, 7) is 12.4. The highest BCUT2D eigenvalue weighted by molar-refractivity contribution is 5.68. The van der Waals surface area contributed by atoms with Crippen molar-refractivity contribution in [2.75, 3.05) is 26.2 Å². The van der Waals surface area contributed by atoms with E-state index >= 15 is 0 Å². The van der Waals surface area contributed by atoms with E-state index in [9.17, 15) is 18.4 Å². The molecule has 2 aliphatic heterocycles. The van der Waals surface area contributed by atoms with Crippen molar-refractivity contribution >= 4 is 12.2 Å². The van der Waals surface area contributed by atoms with Gasteiger partial charge in [0.25, 0.3) is 0 Å². The van der Waals surface area contributed by atoms with Crippen molar-refractivity contribution in [2.45, 2.75) is 104 Å². The minimum Gasteiger partial charge on any atom is -0.444 e. The lowest BCUT2D eigenvalue weighted by Gasteiger charge is -2.35. The van der Waals surface area contributed by atoms with Gasteiger partial charge in [0.15, 0.2) is 0 Å². The highest BCUT2D eigenvalue weighted by Crippen LogP contribution is 2.28. The third kappa shape index (κ3) is 12.4. The van der Waals surface area contributed by atoms with Gasteiger partial charge in [-0.2, -0.15) is 0 Å². The zero-order valence-corrected chi connectivity index (χ0v) is 27.4. The minimum atomic E-state index is -0.968. The molecule has 2 aliphatic rings. The molecule has 4 rings (SSSR count). The summed E-state index contributed by atoms with van der Waals surface area (Å²) >= 11 is 0. The van der Waals surface area contributed by atoms with E-state index < -0.39 is 35.7 Å². The average Bonchev–Trinajstić information content (AvgIpc) is 2.95. The summed E-state index contributed by atoms with van der Waals surface area (Å²) in [6.07, 6.45) is 2.08. The van der Waals surface area contributed by atoms with Crippen molar-refractivity contribution in [1.82, 2.24) is 9.80 Å². The second-order valence-electron chi connectivity index (χ2n) is 14.0. The second kappa shape index (κ2) is 16.2. The van der Waals surface area contributed by atoms with Crippen LogP contribution in [0.15, 0.2) is 60.7 Å². The molecule has 0 bridgehead atoms. The zero-order valence-electron chi connectivity index (χ0n) is 27.4. The van der Waals surface area contributed by atoms with Gasteiger partial charge >= 0.3 is 12.2 Å². The van der Waals surface area contributed by atoms with Gasteiger partial charge in [0.1, 0.15) is 23.5 Å². The maximum absolute atomic E-state index is 14.3. The molecule has 244 valence electrons. The van der Waals surface area contributed by atoms with Crippen LogP contribution in [-0.2, 0) is 22.3 Å². The van der Waals surface area contributed by atoms with Crippen LogP contribution in [0.2, 0.25) is 0 Å². The van der Waals surface area contributed by atoms with E-state index in [0.29, 0.717) is 25.9 Å². The molecular formula is C36H52F2N2O4. The van der Waals surface area contributed by atoms with Crippen LogP contribution in [0, 0.1) is 11.8 Å². The number of hydrogen-bond acceptors (Lipinski definition) is 4. The highest BCUT2D eigenvalue weighted by Gasteiger charge is 2.34. The second-order valence-corrected chi connectivity index (χ2v) is 14.0. The van der Waals surface area contributed by atoms with Gasteiger partial charge in [-0.3, -0.25) is 0 Å². The van der Waals surface area contributed by atoms with Gasteiger partial charge in [0.05, 0.1) is 13.1 Å². The molecule has 0 saturated carbocycles. The predicted molar refractivity (Wildman–Crippen MR) is 171 cm³/mol. The number of amides is 2. The lowest BCUT2D eigenvalue weighted by molar-refractivity contribution is 0.00407. The van der Waals surface area contributed by atoms with Crippen LogP contribution in [0.4, 0.5) is 18.4 Å². The van der Waals surface area contributed by atoms with Crippen molar-refractivity contribution in [3.63, 3.8) is 0 Å². The average molecular weight is 615 g/mol. The Kier molecular flexibility index (Phi) is 13.0.